The van der Waals surface area contributed by atoms with Gasteiger partial charge in [-0.25, -0.2) is 18.2 Å². The lowest BCUT2D eigenvalue weighted by Gasteiger charge is -2.36. The van der Waals surface area contributed by atoms with Gasteiger partial charge >= 0.3 is 5.97 Å². The Morgan fingerprint density at radius 3 is 3.00 bits per heavy atom. The summed E-state index contributed by atoms with van der Waals surface area (Å²) in [6, 6.07) is 3.08. The van der Waals surface area contributed by atoms with Crippen molar-refractivity contribution in [2.24, 2.45) is 0 Å². The van der Waals surface area contributed by atoms with E-state index in [1.807, 2.05) is 0 Å². The molecule has 1 aliphatic heterocycles. The van der Waals surface area contributed by atoms with Crippen LogP contribution in [0.5, 0.6) is 0 Å². The monoisotopic (exact) mass is 316 g/mol. The summed E-state index contributed by atoms with van der Waals surface area (Å²) in [7, 11) is -3.21. The predicted molar refractivity (Wildman–Crippen MR) is 79.1 cm³/mol. The van der Waals surface area contributed by atoms with Crippen LogP contribution in [0.3, 0.4) is 0 Å². The molecule has 20 heavy (non-hydrogen) atoms. The summed E-state index contributed by atoms with van der Waals surface area (Å²) < 4.78 is 24.3. The van der Waals surface area contributed by atoms with Crippen molar-refractivity contribution in [3.8, 4) is 0 Å². The third kappa shape index (κ3) is 3.06. The van der Waals surface area contributed by atoms with Crippen LogP contribution in [0.2, 0.25) is 0 Å². The number of carboxylic acids is 1. The lowest BCUT2D eigenvalue weighted by molar-refractivity contribution is 0.0690. The van der Waals surface area contributed by atoms with Crippen LogP contribution in [0.4, 0.5) is 5.69 Å². The van der Waals surface area contributed by atoms with Gasteiger partial charge in [0.15, 0.2) is 9.84 Å². The Morgan fingerprint density at radius 1 is 1.60 bits per heavy atom. The number of rotatable bonds is 4. The zero-order valence-electron chi connectivity index (χ0n) is 11.0. The first-order chi connectivity index (χ1) is 9.45. The highest BCUT2D eigenvalue weighted by atomic mass is 32.2. The molecule has 0 saturated carbocycles. The summed E-state index contributed by atoms with van der Waals surface area (Å²) in [5.41, 5.74) is 0.521. The first-order valence-corrected chi connectivity index (χ1v) is 9.08. The molecule has 0 radical (unpaired) electrons. The molecule has 110 valence electrons. The van der Waals surface area contributed by atoms with E-state index in [0.29, 0.717) is 18.0 Å². The van der Waals surface area contributed by atoms with Gasteiger partial charge in [-0.15, -0.1) is 0 Å². The number of thioether (sulfide) groups is 1. The van der Waals surface area contributed by atoms with E-state index < -0.39 is 21.2 Å². The number of aromatic nitrogens is 1. The molecule has 1 N–H and O–H groups in total. The lowest BCUT2D eigenvalue weighted by atomic mass is 10.3. The molecule has 0 spiro atoms. The highest BCUT2D eigenvalue weighted by Crippen LogP contribution is 2.27. The van der Waals surface area contributed by atoms with Gasteiger partial charge in [-0.2, -0.15) is 11.8 Å². The Morgan fingerprint density at radius 2 is 2.35 bits per heavy atom. The van der Waals surface area contributed by atoms with Crippen LogP contribution in [-0.4, -0.2) is 53.7 Å². The molecule has 0 bridgehead atoms. The number of carbonyl (C=O) groups is 1. The van der Waals surface area contributed by atoms with E-state index in [2.05, 4.69) is 4.98 Å². The van der Waals surface area contributed by atoms with Crippen molar-refractivity contribution in [2.45, 2.75) is 12.3 Å². The highest BCUT2D eigenvalue weighted by molar-refractivity contribution is 8.01. The second kappa shape index (κ2) is 6.01. The summed E-state index contributed by atoms with van der Waals surface area (Å²) >= 11 is 1.60. The Labute approximate surface area is 122 Å². The predicted octanol–water partition coefficient (Wildman–Crippen LogP) is 1.09. The maximum Gasteiger partial charge on any atom is 0.354 e. The van der Waals surface area contributed by atoms with Crippen LogP contribution < -0.4 is 4.90 Å². The van der Waals surface area contributed by atoms with Crippen LogP contribution in [-0.2, 0) is 9.84 Å². The number of hydrogen-bond donors (Lipinski definition) is 1. The molecule has 1 saturated heterocycles. The fraction of sp³-hybridized carbons (Fsp3) is 0.500. The molecule has 2 rings (SSSR count). The van der Waals surface area contributed by atoms with Crippen molar-refractivity contribution >= 4 is 33.3 Å². The third-order valence-corrected chi connectivity index (χ3v) is 6.48. The van der Waals surface area contributed by atoms with Crippen molar-refractivity contribution in [1.29, 1.82) is 0 Å². The maximum absolute atomic E-state index is 12.2. The van der Waals surface area contributed by atoms with Gasteiger partial charge in [0.1, 0.15) is 11.1 Å². The van der Waals surface area contributed by atoms with Gasteiger partial charge in [0.05, 0.1) is 0 Å². The molecule has 1 fully saturated rings. The second-order valence-electron chi connectivity index (χ2n) is 4.38. The Kier molecular flexibility index (Phi) is 4.54. The van der Waals surface area contributed by atoms with Crippen LogP contribution in [0.15, 0.2) is 18.3 Å². The maximum atomic E-state index is 12.2. The van der Waals surface area contributed by atoms with Gasteiger partial charge in [0.2, 0.25) is 0 Å². The fourth-order valence-corrected chi connectivity index (χ4v) is 5.07. The molecule has 1 aromatic rings. The van der Waals surface area contributed by atoms with E-state index in [1.165, 1.54) is 12.3 Å². The molecule has 0 aliphatic carbocycles. The van der Waals surface area contributed by atoms with Crippen molar-refractivity contribution in [3.05, 3.63) is 24.0 Å². The highest BCUT2D eigenvalue weighted by Gasteiger charge is 2.33. The molecule has 1 aromatic heterocycles. The van der Waals surface area contributed by atoms with E-state index in [9.17, 15) is 13.2 Å². The molecular formula is C12H16N2O4S2. The van der Waals surface area contributed by atoms with Crippen LogP contribution in [0.25, 0.3) is 0 Å². The minimum Gasteiger partial charge on any atom is -0.477 e. The minimum absolute atomic E-state index is 0.0750. The number of sulfone groups is 1. The Balaban J connectivity index is 2.38. The van der Waals surface area contributed by atoms with Crippen LogP contribution in [0, 0.1) is 0 Å². The van der Waals surface area contributed by atoms with E-state index in [0.717, 1.165) is 5.75 Å². The number of aromatic carboxylic acids is 1. The molecule has 6 nitrogen and oxygen atoms in total. The van der Waals surface area contributed by atoms with Gasteiger partial charge in [-0.05, 0) is 12.1 Å². The number of carboxylic acid groups (broad SMARTS) is 1. The first-order valence-electron chi connectivity index (χ1n) is 6.21. The van der Waals surface area contributed by atoms with Crippen LogP contribution >= 0.6 is 11.8 Å². The number of pyridine rings is 1. The zero-order chi connectivity index (χ0) is 14.8. The largest absolute Gasteiger partial charge is 0.477 e. The Bertz CT molecular complexity index is 603. The first kappa shape index (κ1) is 15.1. The summed E-state index contributed by atoms with van der Waals surface area (Å²) in [5, 5.41) is 8.37. The molecule has 1 aliphatic rings. The third-order valence-electron chi connectivity index (χ3n) is 3.20. The topological polar surface area (TPSA) is 87.6 Å². The molecular weight excluding hydrogens is 300 g/mol. The average Bonchev–Trinajstić information content (AvgIpc) is 2.47. The standard InChI is InChI=1S/C12H16N2O4S2/c1-2-20(17,18)11-8-19-6-5-14(11)9-3-4-13-10(7-9)12(15)16/h3-4,7,11H,2,5-6,8H2,1H3,(H,15,16). The van der Waals surface area contributed by atoms with Crippen molar-refractivity contribution in [3.63, 3.8) is 0 Å². The van der Waals surface area contributed by atoms with Gasteiger partial charge in [0, 0.05) is 35.7 Å². The van der Waals surface area contributed by atoms with E-state index in [-0.39, 0.29) is 11.4 Å². The second-order valence-corrected chi connectivity index (χ2v) is 7.98. The lowest BCUT2D eigenvalue weighted by Crippen LogP contribution is -2.48. The smallest absolute Gasteiger partial charge is 0.354 e. The van der Waals surface area contributed by atoms with E-state index in [1.54, 1.807) is 29.7 Å². The summed E-state index contributed by atoms with van der Waals surface area (Å²) in [5.74, 6) is 0.278. The SMILES string of the molecule is CCS(=O)(=O)C1CSCCN1c1ccnc(C(=O)O)c1. The molecule has 2 heterocycles. The summed E-state index contributed by atoms with van der Waals surface area (Å²) in [6.45, 7) is 2.21. The van der Waals surface area contributed by atoms with Gasteiger partial charge in [0.25, 0.3) is 0 Å². The zero-order valence-corrected chi connectivity index (χ0v) is 12.7. The van der Waals surface area contributed by atoms with Gasteiger partial charge in [-0.3, -0.25) is 0 Å². The molecule has 0 aromatic carbocycles. The number of anilines is 1. The van der Waals surface area contributed by atoms with Crippen molar-refractivity contribution < 1.29 is 18.3 Å². The number of hydrogen-bond acceptors (Lipinski definition) is 6. The summed E-state index contributed by atoms with van der Waals surface area (Å²) in [4.78, 5) is 16.5. The fourth-order valence-electron chi connectivity index (χ4n) is 2.08. The summed E-state index contributed by atoms with van der Waals surface area (Å²) in [6.07, 6.45) is 1.40. The quantitative estimate of drug-likeness (QED) is 0.889. The number of nitrogens with zero attached hydrogens (tertiary/aromatic N) is 2. The van der Waals surface area contributed by atoms with Crippen molar-refractivity contribution in [2.75, 3.05) is 28.7 Å². The van der Waals surface area contributed by atoms with E-state index in [4.69, 9.17) is 5.11 Å². The van der Waals surface area contributed by atoms with Crippen LogP contribution in [0.1, 0.15) is 17.4 Å². The Hall–Kier alpha value is -1.28. The van der Waals surface area contributed by atoms with Gasteiger partial charge in [-0.1, -0.05) is 6.92 Å². The normalized spacial score (nSPS) is 19.9. The van der Waals surface area contributed by atoms with Gasteiger partial charge < -0.3 is 10.0 Å². The van der Waals surface area contributed by atoms with Crippen molar-refractivity contribution in [1.82, 2.24) is 4.98 Å². The molecule has 1 unspecified atom stereocenters. The average molecular weight is 316 g/mol. The minimum atomic E-state index is -3.21. The molecule has 0 amide bonds. The molecule has 8 heteroatoms. The van der Waals surface area contributed by atoms with E-state index >= 15 is 0 Å². The molecule has 1 atom stereocenters.